The van der Waals surface area contributed by atoms with Gasteiger partial charge in [0.2, 0.25) is 0 Å². The summed E-state index contributed by atoms with van der Waals surface area (Å²) < 4.78 is 5.50. The molecule has 1 saturated heterocycles. The molecule has 1 aliphatic rings. The highest BCUT2D eigenvalue weighted by Crippen LogP contribution is 2.27. The van der Waals surface area contributed by atoms with Crippen LogP contribution in [0.2, 0.25) is 0 Å². The van der Waals surface area contributed by atoms with Crippen LogP contribution in [0.3, 0.4) is 0 Å². The molecule has 0 saturated carbocycles. The number of carbonyl (C=O) groups excluding carboxylic acids is 1. The van der Waals surface area contributed by atoms with Crippen LogP contribution in [0.25, 0.3) is 22.1 Å². The van der Waals surface area contributed by atoms with Crippen molar-refractivity contribution in [2.75, 3.05) is 13.1 Å². The van der Waals surface area contributed by atoms with Crippen molar-refractivity contribution in [3.05, 3.63) is 70.6 Å². The van der Waals surface area contributed by atoms with Gasteiger partial charge in [-0.15, -0.1) is 0 Å². The van der Waals surface area contributed by atoms with Gasteiger partial charge in [0.15, 0.2) is 0 Å². The number of carbonyl (C=O) groups is 1. The van der Waals surface area contributed by atoms with Gasteiger partial charge in [-0.3, -0.25) is 4.79 Å². The molecule has 1 fully saturated rings. The zero-order chi connectivity index (χ0) is 16.5. The van der Waals surface area contributed by atoms with Gasteiger partial charge in [-0.1, -0.05) is 36.4 Å². The number of rotatable bonds is 2. The minimum atomic E-state index is -0.383. The van der Waals surface area contributed by atoms with Crippen molar-refractivity contribution < 1.29 is 9.21 Å². The van der Waals surface area contributed by atoms with Gasteiger partial charge < -0.3 is 9.32 Å². The Balaban J connectivity index is 1.85. The quantitative estimate of drug-likeness (QED) is 0.724. The Bertz CT molecular complexity index is 968. The molecule has 1 aromatic heterocycles. The molecule has 4 heteroatoms. The third-order valence-corrected chi connectivity index (χ3v) is 4.49. The molecule has 0 aliphatic carbocycles. The number of amides is 1. The molecule has 4 rings (SSSR count). The number of likely N-dealkylation sites (tertiary alicyclic amines) is 1. The second-order valence-electron chi connectivity index (χ2n) is 6.03. The maximum Gasteiger partial charge on any atom is 0.344 e. The molecule has 3 aromatic rings. The zero-order valence-electron chi connectivity index (χ0n) is 13.2. The van der Waals surface area contributed by atoms with Crippen molar-refractivity contribution in [2.24, 2.45) is 0 Å². The van der Waals surface area contributed by atoms with E-state index in [9.17, 15) is 9.59 Å². The molecule has 4 nitrogen and oxygen atoms in total. The van der Waals surface area contributed by atoms with E-state index in [1.807, 2.05) is 47.4 Å². The summed E-state index contributed by atoms with van der Waals surface area (Å²) in [5.74, 6) is 0.431. The lowest BCUT2D eigenvalue weighted by molar-refractivity contribution is 0.0793. The van der Waals surface area contributed by atoms with Crippen LogP contribution in [-0.4, -0.2) is 23.9 Å². The molecule has 0 N–H and O–H groups in total. The summed E-state index contributed by atoms with van der Waals surface area (Å²) in [6, 6.07) is 16.5. The summed E-state index contributed by atoms with van der Waals surface area (Å²) in [5.41, 5.74) is 0.863. The number of benzene rings is 2. The van der Waals surface area contributed by atoms with Gasteiger partial charge >= 0.3 is 5.63 Å². The van der Waals surface area contributed by atoms with Crippen LogP contribution in [0.15, 0.2) is 63.8 Å². The highest BCUT2D eigenvalue weighted by atomic mass is 16.4. The zero-order valence-corrected chi connectivity index (χ0v) is 13.2. The first-order valence-corrected chi connectivity index (χ1v) is 8.15. The Kier molecular flexibility index (Phi) is 3.65. The fraction of sp³-hybridized carbons (Fsp3) is 0.200. The van der Waals surface area contributed by atoms with E-state index >= 15 is 0 Å². The smallest absolute Gasteiger partial charge is 0.344 e. The molecular formula is C20H17NO3. The third-order valence-electron chi connectivity index (χ3n) is 4.49. The molecule has 0 bridgehead atoms. The highest BCUT2D eigenvalue weighted by molar-refractivity contribution is 6.01. The van der Waals surface area contributed by atoms with Crippen LogP contribution >= 0.6 is 0 Å². The average Bonchev–Trinajstić information content (AvgIpc) is 3.16. The fourth-order valence-corrected chi connectivity index (χ4v) is 3.24. The first kappa shape index (κ1) is 14.7. The van der Waals surface area contributed by atoms with Crippen LogP contribution < -0.4 is 5.63 Å². The van der Waals surface area contributed by atoms with Crippen molar-refractivity contribution in [1.29, 1.82) is 0 Å². The van der Waals surface area contributed by atoms with Gasteiger partial charge in [0.25, 0.3) is 5.91 Å². The van der Waals surface area contributed by atoms with Gasteiger partial charge in [-0.05, 0) is 36.4 Å². The van der Waals surface area contributed by atoms with Gasteiger partial charge in [0.1, 0.15) is 5.76 Å². The monoisotopic (exact) mass is 319 g/mol. The lowest BCUT2D eigenvalue weighted by Crippen LogP contribution is -2.28. The van der Waals surface area contributed by atoms with E-state index in [1.54, 1.807) is 12.1 Å². The standard InChI is InChI=1S/C20H17NO3/c22-19(21-11-5-6-12-21)17-10-4-3-9-16(17)18-13-14-7-1-2-8-15(14)20(23)24-18/h1-4,7-10,13H,5-6,11-12H2. The molecule has 0 atom stereocenters. The number of hydrogen-bond acceptors (Lipinski definition) is 3. The van der Waals surface area contributed by atoms with Crippen LogP contribution in [-0.2, 0) is 0 Å². The normalized spacial score (nSPS) is 14.2. The second-order valence-corrected chi connectivity index (χ2v) is 6.03. The predicted molar refractivity (Wildman–Crippen MR) is 93.1 cm³/mol. The van der Waals surface area contributed by atoms with E-state index in [0.29, 0.717) is 22.3 Å². The molecule has 1 amide bonds. The number of nitrogens with zero attached hydrogens (tertiary/aromatic N) is 1. The van der Waals surface area contributed by atoms with Crippen LogP contribution in [0.1, 0.15) is 23.2 Å². The molecule has 24 heavy (non-hydrogen) atoms. The summed E-state index contributed by atoms with van der Waals surface area (Å²) in [4.78, 5) is 26.9. The Morgan fingerprint density at radius 3 is 2.50 bits per heavy atom. The summed E-state index contributed by atoms with van der Waals surface area (Å²) in [6.45, 7) is 1.57. The van der Waals surface area contributed by atoms with Gasteiger partial charge in [-0.25, -0.2) is 4.79 Å². The summed E-state index contributed by atoms with van der Waals surface area (Å²) in [6.07, 6.45) is 2.08. The predicted octanol–water partition coefficient (Wildman–Crippen LogP) is 3.70. The lowest BCUT2D eigenvalue weighted by Gasteiger charge is -2.17. The van der Waals surface area contributed by atoms with E-state index in [2.05, 4.69) is 0 Å². The molecule has 0 unspecified atom stereocenters. The van der Waals surface area contributed by atoms with Crippen molar-refractivity contribution in [3.63, 3.8) is 0 Å². The number of hydrogen-bond donors (Lipinski definition) is 0. The van der Waals surface area contributed by atoms with E-state index in [0.717, 1.165) is 31.3 Å². The lowest BCUT2D eigenvalue weighted by atomic mass is 10.0. The van der Waals surface area contributed by atoms with Crippen molar-refractivity contribution in [1.82, 2.24) is 4.90 Å². The maximum absolute atomic E-state index is 12.8. The molecule has 120 valence electrons. The highest BCUT2D eigenvalue weighted by Gasteiger charge is 2.23. The van der Waals surface area contributed by atoms with Gasteiger partial charge in [-0.2, -0.15) is 0 Å². The SMILES string of the molecule is O=C(c1ccccc1-c1cc2ccccc2c(=O)o1)N1CCCC1. The van der Waals surface area contributed by atoms with Crippen LogP contribution in [0.5, 0.6) is 0 Å². The van der Waals surface area contributed by atoms with Crippen molar-refractivity contribution in [3.8, 4) is 11.3 Å². The third kappa shape index (κ3) is 2.50. The van der Waals surface area contributed by atoms with E-state index in [-0.39, 0.29) is 11.5 Å². The van der Waals surface area contributed by atoms with E-state index < -0.39 is 0 Å². The molecule has 0 radical (unpaired) electrons. The first-order chi connectivity index (χ1) is 11.7. The van der Waals surface area contributed by atoms with E-state index in [4.69, 9.17) is 4.42 Å². The maximum atomic E-state index is 12.8. The Morgan fingerprint density at radius 2 is 1.67 bits per heavy atom. The number of fused-ring (bicyclic) bond motifs is 1. The average molecular weight is 319 g/mol. The second kappa shape index (κ2) is 5.96. The largest absolute Gasteiger partial charge is 0.422 e. The molecular weight excluding hydrogens is 302 g/mol. The van der Waals surface area contributed by atoms with Crippen molar-refractivity contribution >= 4 is 16.7 Å². The van der Waals surface area contributed by atoms with Gasteiger partial charge in [0.05, 0.1) is 10.9 Å². The molecule has 0 spiro atoms. The van der Waals surface area contributed by atoms with Crippen LogP contribution in [0, 0.1) is 0 Å². The minimum Gasteiger partial charge on any atom is -0.422 e. The summed E-state index contributed by atoms with van der Waals surface area (Å²) in [5, 5.41) is 1.36. The van der Waals surface area contributed by atoms with Crippen molar-refractivity contribution in [2.45, 2.75) is 12.8 Å². The molecule has 2 heterocycles. The van der Waals surface area contributed by atoms with Crippen LogP contribution in [0.4, 0.5) is 0 Å². The molecule has 2 aromatic carbocycles. The molecule has 1 aliphatic heterocycles. The van der Waals surface area contributed by atoms with E-state index in [1.165, 1.54) is 0 Å². The van der Waals surface area contributed by atoms with Gasteiger partial charge in [0, 0.05) is 18.7 Å². The first-order valence-electron chi connectivity index (χ1n) is 8.15. The fourth-order valence-electron chi connectivity index (χ4n) is 3.24. The topological polar surface area (TPSA) is 50.5 Å². The summed E-state index contributed by atoms with van der Waals surface area (Å²) in [7, 11) is 0. The summed E-state index contributed by atoms with van der Waals surface area (Å²) >= 11 is 0. The Morgan fingerprint density at radius 1 is 0.958 bits per heavy atom. The Labute approximate surface area is 139 Å². The Hall–Kier alpha value is -2.88. The minimum absolute atomic E-state index is 0.00101.